The van der Waals surface area contributed by atoms with Crippen LogP contribution in [0, 0.1) is 11.8 Å². The number of aliphatic hydroxyl groups excluding tert-OH is 2. The number of fused-ring (bicyclic) bond motifs is 6. The van der Waals surface area contributed by atoms with Gasteiger partial charge in [0.2, 0.25) is 0 Å². The lowest BCUT2D eigenvalue weighted by Crippen LogP contribution is -2.61. The fraction of sp³-hybridized carbons (Fsp3) is 0.875. The van der Waals surface area contributed by atoms with E-state index in [1.54, 1.807) is 7.11 Å². The molecule has 0 aromatic carbocycles. The number of rotatable bonds is 4. The number of hydrogen-bond acceptors (Lipinski definition) is 12. The second-order valence-corrected chi connectivity index (χ2v) is 17.4. The summed E-state index contributed by atoms with van der Waals surface area (Å²) in [5, 5.41) is 20.1. The highest BCUT2D eigenvalue weighted by molar-refractivity contribution is 5.79. The average Bonchev–Trinajstić information content (AvgIpc) is 3.79. The Kier molecular flexibility index (Phi) is 10.0. The van der Waals surface area contributed by atoms with Crippen LogP contribution in [0.15, 0.2) is 24.3 Å². The number of aliphatic hydroxyl groups is 2. The summed E-state index contributed by atoms with van der Waals surface area (Å²) in [5.74, 6) is -0.709. The van der Waals surface area contributed by atoms with E-state index in [9.17, 15) is 15.0 Å². The minimum Gasteiger partial charge on any atom is -0.394 e. The van der Waals surface area contributed by atoms with E-state index in [-0.39, 0.29) is 123 Å². The number of ether oxygens (including phenoxy) is 9. The van der Waals surface area contributed by atoms with Gasteiger partial charge >= 0.3 is 0 Å². The fourth-order valence-corrected chi connectivity index (χ4v) is 11.3. The van der Waals surface area contributed by atoms with Crippen molar-refractivity contribution in [1.82, 2.24) is 0 Å². The van der Waals surface area contributed by atoms with Crippen LogP contribution in [0.3, 0.4) is 0 Å². The second-order valence-electron chi connectivity index (χ2n) is 17.4. The zero-order valence-electron chi connectivity index (χ0n) is 30.7. The molecular weight excluding hydrogens is 672 g/mol. The van der Waals surface area contributed by atoms with Gasteiger partial charge in [-0.05, 0) is 62.0 Å². The maximum atomic E-state index is 14.0. The van der Waals surface area contributed by atoms with Crippen molar-refractivity contribution in [3.05, 3.63) is 24.3 Å². The zero-order valence-corrected chi connectivity index (χ0v) is 30.7. The van der Waals surface area contributed by atoms with Crippen LogP contribution in [-0.2, 0) is 47.4 Å². The lowest BCUT2D eigenvalue weighted by Gasteiger charge is -2.47. The maximum Gasteiger partial charge on any atom is 0.172 e. The molecule has 12 bridgehead atoms. The van der Waals surface area contributed by atoms with Crippen LogP contribution < -0.4 is 0 Å². The summed E-state index contributed by atoms with van der Waals surface area (Å²) < 4.78 is 59.8. The second kappa shape index (κ2) is 14.3. The summed E-state index contributed by atoms with van der Waals surface area (Å²) >= 11 is 0. The van der Waals surface area contributed by atoms with Crippen LogP contribution >= 0.6 is 0 Å². The third-order valence-corrected chi connectivity index (χ3v) is 13.9. The van der Waals surface area contributed by atoms with Gasteiger partial charge in [0.25, 0.3) is 0 Å². The van der Waals surface area contributed by atoms with Crippen LogP contribution in [0.2, 0.25) is 0 Å². The Morgan fingerprint density at radius 2 is 1.54 bits per heavy atom. The minimum absolute atomic E-state index is 0.0260. The molecule has 14 unspecified atom stereocenters. The summed E-state index contributed by atoms with van der Waals surface area (Å²) in [4.78, 5) is 14.0. The standard InChI is InChI=1S/C40H58O12/c1-19-11-24-5-7-28-20(2)12-26(45-28)9-10-40-17-33-36(51-40)37-38(50-33)39(52-40)35-29(49-37)8-6-25(47-35)13-22(42)14-27-31(16-30(46-24)21(19)3)48-32(34(27)44-4)15-23(43)18-41/h19,23-39,41,43H,2-3,5-18H2,1,4H3/t19?,23?,24?,25?,26?,27?,28?,29?,30?,31?,32-,33?,34-,35+,36?,37+,38?,39?,40+/m1/s1. The Balaban J connectivity index is 0.994. The first-order valence-corrected chi connectivity index (χ1v) is 20.1. The molecule has 2 N–H and O–H groups in total. The highest BCUT2D eigenvalue weighted by atomic mass is 16.8. The first-order valence-electron chi connectivity index (χ1n) is 20.1. The predicted molar refractivity (Wildman–Crippen MR) is 184 cm³/mol. The van der Waals surface area contributed by atoms with Gasteiger partial charge in [-0.2, -0.15) is 0 Å². The SMILES string of the molecule is C=C1CC2CC[C@@]34CC5OC6C(O3)[C@H]3OC(CCC3O[C@H]6C5O4)CC(=O)CC3C(CC4OC(CCC1O2)CC(C)C4=C)O[C@H](CC(O)CO)[C@@H]3OC. The van der Waals surface area contributed by atoms with Crippen molar-refractivity contribution in [2.45, 2.75) is 194 Å². The third-order valence-electron chi connectivity index (χ3n) is 13.9. The van der Waals surface area contributed by atoms with E-state index in [1.165, 1.54) is 0 Å². The van der Waals surface area contributed by atoms with E-state index in [4.69, 9.17) is 42.6 Å². The van der Waals surface area contributed by atoms with Crippen molar-refractivity contribution >= 4 is 5.78 Å². The molecule has 12 heteroatoms. The molecule has 19 atom stereocenters. The van der Waals surface area contributed by atoms with Gasteiger partial charge < -0.3 is 52.8 Å². The van der Waals surface area contributed by atoms with Crippen molar-refractivity contribution in [2.24, 2.45) is 11.8 Å². The summed E-state index contributed by atoms with van der Waals surface area (Å²) in [6.45, 7) is 10.7. The van der Waals surface area contributed by atoms with Crippen LogP contribution in [0.4, 0.5) is 0 Å². The van der Waals surface area contributed by atoms with Crippen molar-refractivity contribution in [2.75, 3.05) is 13.7 Å². The lowest BCUT2D eigenvalue weighted by atomic mass is 9.81. The molecule has 10 aliphatic heterocycles. The molecule has 0 aromatic rings. The van der Waals surface area contributed by atoms with E-state index in [2.05, 4.69) is 20.1 Å². The monoisotopic (exact) mass is 730 g/mol. The van der Waals surface area contributed by atoms with E-state index in [0.29, 0.717) is 25.7 Å². The highest BCUT2D eigenvalue weighted by Crippen LogP contribution is 2.54. The first-order chi connectivity index (χ1) is 25.1. The van der Waals surface area contributed by atoms with Crippen molar-refractivity contribution < 1.29 is 57.6 Å². The van der Waals surface area contributed by atoms with E-state index in [0.717, 1.165) is 49.7 Å². The van der Waals surface area contributed by atoms with Gasteiger partial charge in [-0.3, -0.25) is 4.79 Å². The molecule has 52 heavy (non-hydrogen) atoms. The normalized spacial score (nSPS) is 52.4. The van der Waals surface area contributed by atoms with Gasteiger partial charge in [0.15, 0.2) is 5.79 Å². The molecule has 0 saturated carbocycles. The zero-order chi connectivity index (χ0) is 35.9. The smallest absolute Gasteiger partial charge is 0.172 e. The maximum absolute atomic E-state index is 14.0. The number of carbonyl (C=O) groups is 1. The average molecular weight is 731 g/mol. The Morgan fingerprint density at radius 3 is 2.37 bits per heavy atom. The van der Waals surface area contributed by atoms with Crippen LogP contribution in [-0.4, -0.2) is 133 Å². The molecule has 0 aliphatic carbocycles. The quantitative estimate of drug-likeness (QED) is 0.410. The largest absolute Gasteiger partial charge is 0.394 e. The van der Waals surface area contributed by atoms with Crippen molar-refractivity contribution in [3.8, 4) is 0 Å². The van der Waals surface area contributed by atoms with Gasteiger partial charge in [0.1, 0.15) is 36.3 Å². The first kappa shape index (κ1) is 36.4. The van der Waals surface area contributed by atoms with Gasteiger partial charge in [0, 0.05) is 51.6 Å². The van der Waals surface area contributed by atoms with E-state index in [1.807, 2.05) is 0 Å². The van der Waals surface area contributed by atoms with Crippen LogP contribution in [0.5, 0.6) is 0 Å². The number of ketones is 1. The Hall–Kier alpha value is -1.29. The van der Waals surface area contributed by atoms with Crippen LogP contribution in [0.1, 0.15) is 90.4 Å². The number of methoxy groups -OCH3 is 1. The van der Waals surface area contributed by atoms with E-state index < -0.39 is 24.1 Å². The summed E-state index contributed by atoms with van der Waals surface area (Å²) in [6, 6.07) is 0. The summed E-state index contributed by atoms with van der Waals surface area (Å²) in [7, 11) is 1.63. The molecule has 10 saturated heterocycles. The Bertz CT molecular complexity index is 1370. The van der Waals surface area contributed by atoms with Crippen molar-refractivity contribution in [3.63, 3.8) is 0 Å². The van der Waals surface area contributed by atoms with E-state index >= 15 is 0 Å². The van der Waals surface area contributed by atoms with Gasteiger partial charge in [-0.1, -0.05) is 20.1 Å². The molecule has 0 aromatic heterocycles. The minimum atomic E-state index is -0.951. The number of hydrogen-bond donors (Lipinski definition) is 2. The summed E-state index contributed by atoms with van der Waals surface area (Å²) in [5.41, 5.74) is 2.17. The molecule has 0 amide bonds. The Morgan fingerprint density at radius 1 is 0.788 bits per heavy atom. The topological polar surface area (TPSA) is 141 Å². The molecule has 10 heterocycles. The fourth-order valence-electron chi connectivity index (χ4n) is 11.3. The highest BCUT2D eigenvalue weighted by Gasteiger charge is 2.68. The molecule has 12 nitrogen and oxygen atoms in total. The van der Waals surface area contributed by atoms with Gasteiger partial charge in [0.05, 0.1) is 73.8 Å². The molecule has 10 fully saturated rings. The lowest BCUT2D eigenvalue weighted by molar-refractivity contribution is -0.292. The molecular formula is C40H58O12. The Labute approximate surface area is 306 Å². The van der Waals surface area contributed by atoms with Gasteiger partial charge in [-0.25, -0.2) is 0 Å². The third kappa shape index (κ3) is 6.59. The van der Waals surface area contributed by atoms with Gasteiger partial charge in [-0.15, -0.1) is 0 Å². The number of Topliss-reactive ketones (excluding diaryl/α,β-unsaturated/α-hetero) is 1. The molecule has 10 rings (SSSR count). The molecule has 290 valence electrons. The molecule has 1 spiro atoms. The van der Waals surface area contributed by atoms with Crippen molar-refractivity contribution in [1.29, 1.82) is 0 Å². The number of carbonyl (C=O) groups excluding carboxylic acids is 1. The molecule has 10 aliphatic rings. The predicted octanol–water partition coefficient (Wildman–Crippen LogP) is 3.47. The summed E-state index contributed by atoms with van der Waals surface area (Å²) in [6.07, 6.45) is 4.01. The van der Waals surface area contributed by atoms with Crippen LogP contribution in [0.25, 0.3) is 0 Å². The molecule has 0 radical (unpaired) electrons.